The summed E-state index contributed by atoms with van der Waals surface area (Å²) >= 11 is 0. The van der Waals surface area contributed by atoms with E-state index in [9.17, 15) is 14.0 Å². The van der Waals surface area contributed by atoms with Crippen molar-refractivity contribution in [3.8, 4) is 17.2 Å². The minimum atomic E-state index is -0.607. The molecule has 35 heavy (non-hydrogen) atoms. The number of hydrogen-bond acceptors (Lipinski definition) is 5. The van der Waals surface area contributed by atoms with Crippen LogP contribution >= 0.6 is 0 Å². The molecule has 3 aromatic carbocycles. The van der Waals surface area contributed by atoms with Crippen molar-refractivity contribution in [2.24, 2.45) is 5.92 Å². The molecular formula is C27H27FN2O5. The second-order valence-corrected chi connectivity index (χ2v) is 8.16. The van der Waals surface area contributed by atoms with E-state index < -0.39 is 12.0 Å². The van der Waals surface area contributed by atoms with E-state index in [0.29, 0.717) is 35.0 Å². The third-order valence-corrected chi connectivity index (χ3v) is 6.15. The Balaban J connectivity index is 1.77. The molecule has 0 radical (unpaired) electrons. The topological polar surface area (TPSA) is 77.1 Å². The number of nitrogens with zero attached hydrogens (tertiary/aromatic N) is 1. The highest BCUT2D eigenvalue weighted by Crippen LogP contribution is 2.43. The summed E-state index contributed by atoms with van der Waals surface area (Å²) < 4.78 is 29.5. The normalized spacial score (nSPS) is 17.6. The van der Waals surface area contributed by atoms with Gasteiger partial charge in [0.1, 0.15) is 11.6 Å². The molecule has 8 heteroatoms. The second kappa shape index (κ2) is 10.5. The number of carbonyl (C=O) groups is 2. The number of ether oxygens (including phenoxy) is 3. The van der Waals surface area contributed by atoms with Crippen LogP contribution in [0, 0.1) is 11.7 Å². The van der Waals surface area contributed by atoms with E-state index in [0.717, 1.165) is 5.56 Å². The zero-order valence-electron chi connectivity index (χ0n) is 19.8. The Morgan fingerprint density at radius 1 is 0.914 bits per heavy atom. The van der Waals surface area contributed by atoms with Crippen LogP contribution in [0.25, 0.3) is 0 Å². The maximum Gasteiger partial charge on any atom is 0.229 e. The molecule has 0 aliphatic carbocycles. The van der Waals surface area contributed by atoms with Crippen molar-refractivity contribution in [2.45, 2.75) is 18.9 Å². The number of nitrogens with one attached hydrogen (secondary N) is 1. The van der Waals surface area contributed by atoms with Crippen LogP contribution < -0.4 is 24.4 Å². The number of halogens is 1. The smallest absolute Gasteiger partial charge is 0.229 e. The number of methoxy groups -OCH3 is 3. The van der Waals surface area contributed by atoms with Gasteiger partial charge in [-0.1, -0.05) is 6.07 Å². The minimum absolute atomic E-state index is 0.0965. The van der Waals surface area contributed by atoms with Crippen molar-refractivity contribution in [2.75, 3.05) is 31.5 Å². The van der Waals surface area contributed by atoms with Crippen molar-refractivity contribution in [1.82, 2.24) is 0 Å². The number of benzene rings is 3. The minimum Gasteiger partial charge on any atom is -0.497 e. The molecule has 7 nitrogen and oxygen atoms in total. The number of anilines is 2. The number of carbonyl (C=O) groups excluding carboxylic acids is 2. The van der Waals surface area contributed by atoms with Crippen molar-refractivity contribution < 1.29 is 28.2 Å². The van der Waals surface area contributed by atoms with Crippen molar-refractivity contribution >= 4 is 23.2 Å². The van der Waals surface area contributed by atoms with Crippen LogP contribution in [0.1, 0.15) is 24.4 Å². The van der Waals surface area contributed by atoms with Gasteiger partial charge in [-0.2, -0.15) is 0 Å². The first-order chi connectivity index (χ1) is 16.9. The molecule has 0 aromatic heterocycles. The predicted octanol–water partition coefficient (Wildman–Crippen LogP) is 4.97. The zero-order valence-corrected chi connectivity index (χ0v) is 19.8. The van der Waals surface area contributed by atoms with Gasteiger partial charge in [0.05, 0.1) is 33.3 Å². The largest absolute Gasteiger partial charge is 0.497 e. The summed E-state index contributed by atoms with van der Waals surface area (Å²) in [6.45, 7) is 0. The molecule has 3 aromatic rings. The van der Waals surface area contributed by atoms with Gasteiger partial charge in [0.25, 0.3) is 0 Å². The number of rotatable bonds is 7. The number of amides is 2. The van der Waals surface area contributed by atoms with Gasteiger partial charge >= 0.3 is 0 Å². The van der Waals surface area contributed by atoms with Crippen LogP contribution in [0.4, 0.5) is 15.8 Å². The first-order valence-corrected chi connectivity index (χ1v) is 11.2. The molecule has 182 valence electrons. The summed E-state index contributed by atoms with van der Waals surface area (Å²) in [4.78, 5) is 28.4. The van der Waals surface area contributed by atoms with Gasteiger partial charge in [0.2, 0.25) is 11.8 Å². The van der Waals surface area contributed by atoms with Crippen molar-refractivity contribution in [1.29, 1.82) is 0 Å². The van der Waals surface area contributed by atoms with E-state index in [-0.39, 0.29) is 24.1 Å². The molecule has 2 amide bonds. The van der Waals surface area contributed by atoms with Gasteiger partial charge in [-0.15, -0.1) is 0 Å². The molecule has 1 N–H and O–H groups in total. The lowest BCUT2D eigenvalue weighted by Crippen LogP contribution is -2.47. The summed E-state index contributed by atoms with van der Waals surface area (Å²) in [7, 11) is 4.65. The summed E-state index contributed by atoms with van der Waals surface area (Å²) in [5.41, 5.74) is 1.86. The van der Waals surface area contributed by atoms with Crippen LogP contribution in [-0.4, -0.2) is 33.1 Å². The van der Waals surface area contributed by atoms with Crippen LogP contribution in [0.5, 0.6) is 17.2 Å². The van der Waals surface area contributed by atoms with Crippen LogP contribution in [0.3, 0.4) is 0 Å². The maximum absolute atomic E-state index is 13.5. The highest BCUT2D eigenvalue weighted by Gasteiger charge is 2.41. The molecule has 1 aliphatic heterocycles. The van der Waals surface area contributed by atoms with Crippen molar-refractivity contribution in [3.63, 3.8) is 0 Å². The van der Waals surface area contributed by atoms with E-state index in [2.05, 4.69) is 5.32 Å². The zero-order chi connectivity index (χ0) is 24.9. The average Bonchev–Trinajstić information content (AvgIpc) is 2.89. The Bertz CT molecular complexity index is 1200. The Kier molecular flexibility index (Phi) is 7.19. The lowest BCUT2D eigenvalue weighted by Gasteiger charge is -2.41. The molecule has 1 heterocycles. The highest BCUT2D eigenvalue weighted by molar-refractivity contribution is 6.00. The second-order valence-electron chi connectivity index (χ2n) is 8.16. The molecule has 4 rings (SSSR count). The molecule has 1 fully saturated rings. The predicted molar refractivity (Wildman–Crippen MR) is 131 cm³/mol. The van der Waals surface area contributed by atoms with Gasteiger partial charge in [-0.3, -0.25) is 9.59 Å². The van der Waals surface area contributed by atoms with Crippen LogP contribution in [0.15, 0.2) is 66.7 Å². The third kappa shape index (κ3) is 5.06. The van der Waals surface area contributed by atoms with E-state index in [1.54, 1.807) is 55.5 Å². The Morgan fingerprint density at radius 3 is 2.23 bits per heavy atom. The SMILES string of the molecule is COc1ccc(N2C(=O)CCC(C(=O)Nc3ccc(F)cc3)C2c2ccc(OC)c(OC)c2)cc1. The molecule has 0 spiro atoms. The standard InChI is InChI=1S/C27H27FN2O5/c1-33-21-11-9-20(10-12-21)30-25(31)15-13-22(27(32)29-19-7-5-18(28)6-8-19)26(30)17-4-14-23(34-2)24(16-17)35-3/h4-12,14,16,22,26H,13,15H2,1-3H3,(H,29,32). The van der Waals surface area contributed by atoms with Crippen molar-refractivity contribution in [3.05, 3.63) is 78.1 Å². The highest BCUT2D eigenvalue weighted by atomic mass is 19.1. The number of hydrogen-bond donors (Lipinski definition) is 1. The summed E-state index contributed by atoms with van der Waals surface area (Å²) in [6.07, 6.45) is 0.564. The molecule has 1 aliphatic rings. The maximum atomic E-state index is 13.5. The van der Waals surface area contributed by atoms with E-state index >= 15 is 0 Å². The molecule has 1 saturated heterocycles. The monoisotopic (exact) mass is 478 g/mol. The molecule has 2 atom stereocenters. The first kappa shape index (κ1) is 24.1. The molecular weight excluding hydrogens is 451 g/mol. The number of piperidine rings is 1. The lowest BCUT2D eigenvalue weighted by molar-refractivity contribution is -0.125. The van der Waals surface area contributed by atoms with Crippen LogP contribution in [0.2, 0.25) is 0 Å². The summed E-state index contributed by atoms with van der Waals surface area (Å²) in [5, 5.41) is 2.88. The Hall–Kier alpha value is -4.07. The van der Waals surface area contributed by atoms with Gasteiger partial charge < -0.3 is 24.4 Å². The molecule has 0 bridgehead atoms. The molecule has 0 saturated carbocycles. The average molecular weight is 479 g/mol. The third-order valence-electron chi connectivity index (χ3n) is 6.15. The molecule has 2 unspecified atom stereocenters. The fraction of sp³-hybridized carbons (Fsp3) is 0.259. The summed E-state index contributed by atoms with van der Waals surface area (Å²) in [6, 6.07) is 17.5. The Morgan fingerprint density at radius 2 is 1.60 bits per heavy atom. The fourth-order valence-corrected chi connectivity index (χ4v) is 4.40. The first-order valence-electron chi connectivity index (χ1n) is 11.2. The van der Waals surface area contributed by atoms with Gasteiger partial charge in [-0.25, -0.2) is 4.39 Å². The van der Waals surface area contributed by atoms with E-state index in [1.807, 2.05) is 6.07 Å². The van der Waals surface area contributed by atoms with E-state index in [1.165, 1.54) is 31.4 Å². The van der Waals surface area contributed by atoms with E-state index in [4.69, 9.17) is 14.2 Å². The fourth-order valence-electron chi connectivity index (χ4n) is 4.40. The van der Waals surface area contributed by atoms with Gasteiger partial charge in [0.15, 0.2) is 11.5 Å². The Labute approximate surface area is 203 Å². The quantitative estimate of drug-likeness (QED) is 0.519. The van der Waals surface area contributed by atoms with Gasteiger partial charge in [0, 0.05) is 17.8 Å². The van der Waals surface area contributed by atoms with Crippen LogP contribution in [-0.2, 0) is 9.59 Å². The summed E-state index contributed by atoms with van der Waals surface area (Å²) in [5.74, 6) is 0.380. The van der Waals surface area contributed by atoms with Gasteiger partial charge in [-0.05, 0) is 72.6 Å². The lowest BCUT2D eigenvalue weighted by atomic mass is 9.83.